The highest BCUT2D eigenvalue weighted by Gasteiger charge is 2.34. The van der Waals surface area contributed by atoms with Gasteiger partial charge in [0.05, 0.1) is 0 Å². The molecule has 1 aromatic rings. The van der Waals surface area contributed by atoms with E-state index in [2.05, 4.69) is 35.1 Å². The summed E-state index contributed by atoms with van der Waals surface area (Å²) in [5, 5.41) is 3.49. The number of ether oxygens (including phenoxy) is 2. The van der Waals surface area contributed by atoms with Crippen molar-refractivity contribution in [2.24, 2.45) is 5.92 Å². The Labute approximate surface area is 127 Å². The molecule has 0 saturated carbocycles. The van der Waals surface area contributed by atoms with E-state index in [0.717, 1.165) is 32.0 Å². The summed E-state index contributed by atoms with van der Waals surface area (Å²) in [4.78, 5) is 6.83. The molecule has 1 aliphatic heterocycles. The van der Waals surface area contributed by atoms with Crippen LogP contribution >= 0.6 is 0 Å². The molecule has 0 amide bonds. The predicted octanol–water partition coefficient (Wildman–Crippen LogP) is 1.68. The predicted molar refractivity (Wildman–Crippen MR) is 84.6 cm³/mol. The van der Waals surface area contributed by atoms with E-state index in [1.807, 2.05) is 12.3 Å². The Kier molecular flexibility index (Phi) is 5.96. The second-order valence-electron chi connectivity index (χ2n) is 5.96. The highest BCUT2D eigenvalue weighted by atomic mass is 16.5. The van der Waals surface area contributed by atoms with Crippen molar-refractivity contribution in [1.82, 2.24) is 10.3 Å². The zero-order valence-corrected chi connectivity index (χ0v) is 13.5. The van der Waals surface area contributed by atoms with Gasteiger partial charge in [-0.15, -0.1) is 0 Å². The zero-order chi connectivity index (χ0) is 15.2. The minimum Gasteiger partial charge on any atom is -0.377 e. The molecule has 5 heteroatoms. The van der Waals surface area contributed by atoms with Gasteiger partial charge >= 0.3 is 0 Å². The molecule has 118 valence electrons. The third kappa shape index (κ3) is 4.15. The van der Waals surface area contributed by atoms with Crippen LogP contribution < -0.4 is 10.2 Å². The molecule has 2 unspecified atom stereocenters. The highest BCUT2D eigenvalue weighted by molar-refractivity contribution is 5.48. The smallest absolute Gasteiger partial charge is 0.133 e. The fourth-order valence-corrected chi connectivity index (χ4v) is 2.72. The van der Waals surface area contributed by atoms with Crippen LogP contribution in [0.2, 0.25) is 0 Å². The molecule has 1 saturated heterocycles. The van der Waals surface area contributed by atoms with E-state index in [9.17, 15) is 0 Å². The first-order valence-corrected chi connectivity index (χ1v) is 7.60. The fraction of sp³-hybridized carbons (Fsp3) is 0.688. The Balaban J connectivity index is 2.06. The van der Waals surface area contributed by atoms with Crippen LogP contribution in [0.1, 0.15) is 19.4 Å². The summed E-state index contributed by atoms with van der Waals surface area (Å²) in [6.45, 7) is 7.92. The van der Waals surface area contributed by atoms with Gasteiger partial charge in [0.25, 0.3) is 0 Å². The van der Waals surface area contributed by atoms with E-state index in [1.54, 1.807) is 14.2 Å². The molecule has 1 aromatic heterocycles. The highest BCUT2D eigenvalue weighted by Crippen LogP contribution is 2.24. The number of hydrogen-bond donors (Lipinski definition) is 1. The monoisotopic (exact) mass is 293 g/mol. The van der Waals surface area contributed by atoms with Crippen molar-refractivity contribution in [3.8, 4) is 0 Å². The first-order chi connectivity index (χ1) is 10.2. The number of pyridine rings is 1. The molecule has 2 heterocycles. The topological polar surface area (TPSA) is 46.6 Å². The van der Waals surface area contributed by atoms with Crippen molar-refractivity contribution >= 4 is 5.82 Å². The molecule has 1 aliphatic rings. The molecular weight excluding hydrogens is 266 g/mol. The quantitative estimate of drug-likeness (QED) is 0.829. The lowest BCUT2D eigenvalue weighted by Crippen LogP contribution is -2.27. The van der Waals surface area contributed by atoms with Crippen molar-refractivity contribution in [3.05, 3.63) is 23.9 Å². The van der Waals surface area contributed by atoms with Crippen molar-refractivity contribution in [3.63, 3.8) is 0 Å². The standard InChI is InChI=1S/C16H27N3O2/c1-12(2)8-17-9-13-6-5-7-18-16(13)19-10-14(20-3)15(11-19)21-4/h5-7,12,14-15,17H,8-11H2,1-4H3. The number of nitrogens with zero attached hydrogens (tertiary/aromatic N) is 2. The van der Waals surface area contributed by atoms with E-state index in [-0.39, 0.29) is 12.2 Å². The van der Waals surface area contributed by atoms with Crippen molar-refractivity contribution in [1.29, 1.82) is 0 Å². The van der Waals surface area contributed by atoms with Crippen molar-refractivity contribution < 1.29 is 9.47 Å². The third-order valence-electron chi connectivity index (χ3n) is 3.86. The SMILES string of the molecule is COC1CN(c2ncccc2CNCC(C)C)CC1OC. The lowest BCUT2D eigenvalue weighted by molar-refractivity contribution is -0.00461. The van der Waals surface area contributed by atoms with E-state index < -0.39 is 0 Å². The molecule has 2 atom stereocenters. The first kappa shape index (κ1) is 16.2. The number of anilines is 1. The minimum absolute atomic E-state index is 0.105. The van der Waals surface area contributed by atoms with Gasteiger partial charge in [-0.3, -0.25) is 0 Å². The molecule has 0 spiro atoms. The van der Waals surface area contributed by atoms with Crippen LogP contribution in [0.5, 0.6) is 0 Å². The lowest BCUT2D eigenvalue weighted by Gasteiger charge is -2.20. The molecule has 5 nitrogen and oxygen atoms in total. The van der Waals surface area contributed by atoms with Crippen LogP contribution in [0.3, 0.4) is 0 Å². The summed E-state index contributed by atoms with van der Waals surface area (Å²) in [5.74, 6) is 1.68. The molecule has 1 fully saturated rings. The van der Waals surface area contributed by atoms with Gasteiger partial charge < -0.3 is 19.7 Å². The maximum Gasteiger partial charge on any atom is 0.133 e. The molecule has 21 heavy (non-hydrogen) atoms. The number of rotatable bonds is 7. The summed E-state index contributed by atoms with van der Waals surface area (Å²) >= 11 is 0. The minimum atomic E-state index is 0.105. The lowest BCUT2D eigenvalue weighted by atomic mass is 10.2. The maximum atomic E-state index is 5.51. The van der Waals surface area contributed by atoms with Gasteiger partial charge in [0.1, 0.15) is 18.0 Å². The molecule has 1 N–H and O–H groups in total. The summed E-state index contributed by atoms with van der Waals surface area (Å²) in [7, 11) is 3.48. The van der Waals surface area contributed by atoms with Crippen LogP contribution in [0.15, 0.2) is 18.3 Å². The van der Waals surface area contributed by atoms with Crippen molar-refractivity contribution in [2.45, 2.75) is 32.6 Å². The van der Waals surface area contributed by atoms with E-state index >= 15 is 0 Å². The van der Waals surface area contributed by atoms with E-state index in [0.29, 0.717) is 5.92 Å². The zero-order valence-electron chi connectivity index (χ0n) is 13.5. The second-order valence-corrected chi connectivity index (χ2v) is 5.96. The Morgan fingerprint density at radius 3 is 2.52 bits per heavy atom. The number of methoxy groups -OCH3 is 2. The van der Waals surface area contributed by atoms with Crippen LogP contribution in [0.4, 0.5) is 5.82 Å². The molecular formula is C16H27N3O2. The summed E-state index contributed by atoms with van der Waals surface area (Å²) in [6, 6.07) is 4.13. The Morgan fingerprint density at radius 2 is 1.95 bits per heavy atom. The summed E-state index contributed by atoms with van der Waals surface area (Å²) in [5.41, 5.74) is 1.23. The Bertz CT molecular complexity index is 427. The van der Waals surface area contributed by atoms with Gasteiger partial charge in [-0.05, 0) is 18.5 Å². The second kappa shape index (κ2) is 7.73. The van der Waals surface area contributed by atoms with E-state index in [4.69, 9.17) is 9.47 Å². The number of aromatic nitrogens is 1. The van der Waals surface area contributed by atoms with Gasteiger partial charge in [-0.1, -0.05) is 19.9 Å². The number of nitrogens with one attached hydrogen (secondary N) is 1. The van der Waals surface area contributed by atoms with Crippen LogP contribution in [-0.4, -0.2) is 51.0 Å². The summed E-state index contributed by atoms with van der Waals surface area (Å²) in [6.07, 6.45) is 2.06. The van der Waals surface area contributed by atoms with Crippen LogP contribution in [-0.2, 0) is 16.0 Å². The average molecular weight is 293 g/mol. The molecule has 0 radical (unpaired) electrons. The average Bonchev–Trinajstić information content (AvgIpc) is 2.90. The van der Waals surface area contributed by atoms with Crippen LogP contribution in [0, 0.1) is 5.92 Å². The summed E-state index contributed by atoms with van der Waals surface area (Å²) < 4.78 is 11.0. The van der Waals surface area contributed by atoms with Gasteiger partial charge in [0, 0.05) is 45.6 Å². The van der Waals surface area contributed by atoms with Crippen LogP contribution in [0.25, 0.3) is 0 Å². The normalized spacial score (nSPS) is 22.2. The molecule has 2 rings (SSSR count). The van der Waals surface area contributed by atoms with Gasteiger partial charge in [-0.2, -0.15) is 0 Å². The van der Waals surface area contributed by atoms with Crippen molar-refractivity contribution in [2.75, 3.05) is 38.8 Å². The molecule has 0 aliphatic carbocycles. The van der Waals surface area contributed by atoms with Gasteiger partial charge in [0.2, 0.25) is 0 Å². The maximum absolute atomic E-state index is 5.51. The first-order valence-electron chi connectivity index (χ1n) is 7.60. The molecule has 0 aromatic carbocycles. The third-order valence-corrected chi connectivity index (χ3v) is 3.86. The van der Waals surface area contributed by atoms with Gasteiger partial charge in [0.15, 0.2) is 0 Å². The van der Waals surface area contributed by atoms with Gasteiger partial charge in [-0.25, -0.2) is 4.98 Å². The fourth-order valence-electron chi connectivity index (χ4n) is 2.72. The Morgan fingerprint density at radius 1 is 1.29 bits per heavy atom. The largest absolute Gasteiger partial charge is 0.377 e. The molecule has 0 bridgehead atoms. The number of hydrogen-bond acceptors (Lipinski definition) is 5. The Hall–Kier alpha value is -1.17. The van der Waals surface area contributed by atoms with E-state index in [1.165, 1.54) is 5.56 Å².